The first kappa shape index (κ1) is 27.4. The van der Waals surface area contributed by atoms with Crippen LogP contribution in [-0.4, -0.2) is 41.9 Å². The van der Waals surface area contributed by atoms with Gasteiger partial charge in [-0.25, -0.2) is 0 Å². The average molecular weight is 535 g/mol. The molecule has 1 aliphatic carbocycles. The number of carbonyl (C=O) groups excluding carboxylic acids is 2. The van der Waals surface area contributed by atoms with Crippen molar-refractivity contribution < 1.29 is 9.59 Å². The van der Waals surface area contributed by atoms with E-state index in [1.54, 1.807) is 12.4 Å². The van der Waals surface area contributed by atoms with Gasteiger partial charge in [-0.3, -0.25) is 19.6 Å². The zero-order valence-corrected chi connectivity index (χ0v) is 22.7. The first-order chi connectivity index (χ1) is 19.6. The van der Waals surface area contributed by atoms with E-state index >= 15 is 0 Å². The summed E-state index contributed by atoms with van der Waals surface area (Å²) in [7, 11) is 0. The summed E-state index contributed by atoms with van der Waals surface area (Å²) in [5.41, 5.74) is 5.28. The molecule has 2 atom stereocenters. The number of carbonyl (C=O) groups is 2. The van der Waals surface area contributed by atoms with Crippen LogP contribution in [0.15, 0.2) is 73.1 Å². The molecule has 0 aromatic carbocycles. The summed E-state index contributed by atoms with van der Waals surface area (Å²) in [5.74, 6) is 0.972. The van der Waals surface area contributed by atoms with Crippen LogP contribution in [0.2, 0.25) is 0 Å². The second-order valence-corrected chi connectivity index (χ2v) is 10.5. The number of ketones is 2. The lowest BCUT2D eigenvalue weighted by atomic mass is 9.78. The Bertz CT molecular complexity index is 1270. The van der Waals surface area contributed by atoms with Crippen LogP contribution in [0.5, 0.6) is 0 Å². The maximum Gasteiger partial charge on any atom is 0.139 e. The normalized spacial score (nSPS) is 16.9. The first-order valence-electron chi connectivity index (χ1n) is 14.1. The van der Waals surface area contributed by atoms with E-state index in [0.29, 0.717) is 50.4 Å². The summed E-state index contributed by atoms with van der Waals surface area (Å²) in [5, 5.41) is 17.9. The number of Topliss-reactive ketones (excluding diaryl/α,β-unsaturated/α-hetero) is 2. The minimum atomic E-state index is 0.155. The molecule has 0 bridgehead atoms. The number of aromatic nitrogens is 6. The molecular formula is C32H34N6O2. The van der Waals surface area contributed by atoms with Gasteiger partial charge in [-0.15, -0.1) is 0 Å². The van der Waals surface area contributed by atoms with Gasteiger partial charge in [0.25, 0.3) is 0 Å². The maximum absolute atomic E-state index is 12.3. The molecule has 1 aliphatic rings. The fourth-order valence-electron chi connectivity index (χ4n) is 5.29. The highest BCUT2D eigenvalue weighted by atomic mass is 16.1. The molecule has 0 radical (unpaired) electrons. The van der Waals surface area contributed by atoms with Crippen LogP contribution in [0, 0.1) is 0 Å². The molecule has 2 unspecified atom stereocenters. The highest BCUT2D eigenvalue weighted by Crippen LogP contribution is 2.39. The maximum atomic E-state index is 12.3. The summed E-state index contributed by atoms with van der Waals surface area (Å²) >= 11 is 0. The summed E-state index contributed by atoms with van der Waals surface area (Å²) in [6.45, 7) is 0. The number of pyridine rings is 2. The quantitative estimate of drug-likeness (QED) is 0.250. The lowest BCUT2D eigenvalue weighted by molar-refractivity contribution is -0.119. The molecule has 0 aliphatic heterocycles. The Labute approximate surface area is 234 Å². The van der Waals surface area contributed by atoms with Gasteiger partial charge in [0, 0.05) is 61.3 Å². The Morgan fingerprint density at radius 1 is 0.600 bits per heavy atom. The van der Waals surface area contributed by atoms with Crippen LogP contribution in [0.1, 0.15) is 84.5 Å². The zero-order valence-electron chi connectivity index (χ0n) is 22.7. The molecule has 4 aromatic rings. The van der Waals surface area contributed by atoms with E-state index in [2.05, 4.69) is 42.5 Å². The third-order valence-electron chi connectivity index (χ3n) is 7.52. The Kier molecular flexibility index (Phi) is 9.40. The van der Waals surface area contributed by atoms with Crippen molar-refractivity contribution in [3.8, 4) is 0 Å². The molecule has 1 saturated carbocycles. The fraction of sp³-hybridized carbons (Fsp3) is 0.375. The molecule has 8 nitrogen and oxygen atoms in total. The smallest absolute Gasteiger partial charge is 0.139 e. The second-order valence-electron chi connectivity index (χ2n) is 10.5. The van der Waals surface area contributed by atoms with Crippen molar-refractivity contribution in [2.24, 2.45) is 0 Å². The summed E-state index contributed by atoms with van der Waals surface area (Å²) in [6.07, 6.45) is 10.4. The Morgan fingerprint density at radius 3 is 1.50 bits per heavy atom. The SMILES string of the molecule is O=C(CCc1ccc(C2CCCC(c3ccc(CCC(=O)Cc4ccccn4)nn3)C2)nn1)Cc1ccccn1. The third-order valence-corrected chi connectivity index (χ3v) is 7.52. The van der Waals surface area contributed by atoms with Gasteiger partial charge in [-0.1, -0.05) is 18.6 Å². The number of aryl methyl sites for hydroxylation is 2. The highest BCUT2D eigenvalue weighted by Gasteiger charge is 2.26. The van der Waals surface area contributed by atoms with E-state index in [9.17, 15) is 9.59 Å². The summed E-state index contributed by atoms with van der Waals surface area (Å²) < 4.78 is 0. The third kappa shape index (κ3) is 7.91. The van der Waals surface area contributed by atoms with E-state index in [1.165, 1.54) is 0 Å². The molecular weight excluding hydrogens is 500 g/mol. The number of hydrogen-bond acceptors (Lipinski definition) is 8. The van der Waals surface area contributed by atoms with Gasteiger partial charge < -0.3 is 0 Å². The van der Waals surface area contributed by atoms with E-state index in [4.69, 9.17) is 0 Å². The molecule has 0 saturated heterocycles. The van der Waals surface area contributed by atoms with Crippen LogP contribution < -0.4 is 0 Å². The molecule has 0 N–H and O–H groups in total. The van der Waals surface area contributed by atoms with Crippen molar-refractivity contribution in [3.63, 3.8) is 0 Å². The van der Waals surface area contributed by atoms with Crippen molar-refractivity contribution in [2.75, 3.05) is 0 Å². The van der Waals surface area contributed by atoms with E-state index < -0.39 is 0 Å². The van der Waals surface area contributed by atoms with Crippen molar-refractivity contribution in [1.82, 2.24) is 30.4 Å². The molecule has 5 rings (SSSR count). The highest BCUT2D eigenvalue weighted by molar-refractivity contribution is 5.81. The molecule has 0 amide bonds. The van der Waals surface area contributed by atoms with Crippen molar-refractivity contribution in [3.05, 3.63) is 107 Å². The summed E-state index contributed by atoms with van der Waals surface area (Å²) in [4.78, 5) is 33.1. The molecule has 0 spiro atoms. The lowest BCUT2D eigenvalue weighted by Crippen LogP contribution is -2.16. The van der Waals surface area contributed by atoms with Gasteiger partial charge in [0.2, 0.25) is 0 Å². The minimum Gasteiger partial charge on any atom is -0.299 e. The Hall–Kier alpha value is -4.20. The monoisotopic (exact) mass is 534 g/mol. The van der Waals surface area contributed by atoms with E-state index in [-0.39, 0.29) is 11.6 Å². The van der Waals surface area contributed by atoms with Crippen LogP contribution in [-0.2, 0) is 35.3 Å². The van der Waals surface area contributed by atoms with Crippen LogP contribution in [0.25, 0.3) is 0 Å². The van der Waals surface area contributed by atoms with E-state index in [0.717, 1.165) is 59.8 Å². The average Bonchev–Trinajstić information content (AvgIpc) is 3.01. The van der Waals surface area contributed by atoms with Crippen molar-refractivity contribution in [1.29, 1.82) is 0 Å². The molecule has 4 heterocycles. The molecule has 40 heavy (non-hydrogen) atoms. The largest absolute Gasteiger partial charge is 0.299 e. The molecule has 1 fully saturated rings. The van der Waals surface area contributed by atoms with Gasteiger partial charge >= 0.3 is 0 Å². The topological polar surface area (TPSA) is 111 Å². The van der Waals surface area contributed by atoms with Gasteiger partial charge in [0.15, 0.2) is 0 Å². The number of rotatable bonds is 12. The summed E-state index contributed by atoms with van der Waals surface area (Å²) in [6, 6.07) is 19.4. The number of hydrogen-bond donors (Lipinski definition) is 0. The minimum absolute atomic E-state index is 0.155. The molecule has 4 aromatic heterocycles. The van der Waals surface area contributed by atoms with Gasteiger partial charge in [0.1, 0.15) is 11.6 Å². The fourth-order valence-corrected chi connectivity index (χ4v) is 5.29. The van der Waals surface area contributed by atoms with Crippen LogP contribution >= 0.6 is 0 Å². The Balaban J connectivity index is 1.09. The van der Waals surface area contributed by atoms with Gasteiger partial charge in [0.05, 0.1) is 22.8 Å². The number of nitrogens with zero attached hydrogens (tertiary/aromatic N) is 6. The predicted molar refractivity (Wildman–Crippen MR) is 151 cm³/mol. The van der Waals surface area contributed by atoms with Crippen molar-refractivity contribution in [2.45, 2.75) is 76.0 Å². The van der Waals surface area contributed by atoms with Crippen molar-refractivity contribution >= 4 is 11.6 Å². The standard InChI is InChI=1S/C32H34N6O2/c39-29(21-27-8-1-3-18-33-27)14-10-25-12-16-31(37-35-25)23-6-5-7-24(20-23)32-17-13-26(36-38-32)11-15-30(40)22-28-9-2-4-19-34-28/h1-4,8-9,12-13,16-19,23-24H,5-7,10-11,14-15,20-22H2. The van der Waals surface area contributed by atoms with Crippen LogP contribution in [0.4, 0.5) is 0 Å². The molecule has 204 valence electrons. The predicted octanol–water partition coefficient (Wildman–Crippen LogP) is 4.99. The van der Waals surface area contributed by atoms with Gasteiger partial charge in [-0.05, 0) is 80.6 Å². The lowest BCUT2D eigenvalue weighted by Gasteiger charge is -2.28. The molecule has 8 heteroatoms. The van der Waals surface area contributed by atoms with E-state index in [1.807, 2.05) is 48.5 Å². The van der Waals surface area contributed by atoms with Gasteiger partial charge in [-0.2, -0.15) is 20.4 Å². The first-order valence-corrected chi connectivity index (χ1v) is 14.1. The second kappa shape index (κ2) is 13.7. The zero-order chi connectivity index (χ0) is 27.6. The van der Waals surface area contributed by atoms with Crippen LogP contribution in [0.3, 0.4) is 0 Å². The Morgan fingerprint density at radius 2 is 1.10 bits per heavy atom.